The summed E-state index contributed by atoms with van der Waals surface area (Å²) in [5.41, 5.74) is -0.698. The van der Waals surface area contributed by atoms with Crippen molar-refractivity contribution in [1.29, 1.82) is 0 Å². The summed E-state index contributed by atoms with van der Waals surface area (Å²) in [6.45, 7) is 0.0883. The summed E-state index contributed by atoms with van der Waals surface area (Å²) in [5, 5.41) is 9.21. The lowest BCUT2D eigenvalue weighted by molar-refractivity contribution is -0.144. The Morgan fingerprint density at radius 2 is 1.88 bits per heavy atom. The molecule has 0 aliphatic carbocycles. The molecule has 1 aromatic carbocycles. The van der Waals surface area contributed by atoms with E-state index in [1.807, 2.05) is 40.1 Å². The summed E-state index contributed by atoms with van der Waals surface area (Å²) in [7, 11) is 0. The lowest BCUT2D eigenvalue weighted by Crippen LogP contribution is -2.45. The highest BCUT2D eigenvalue weighted by atomic mass is 35.5. The second kappa shape index (κ2) is 10.1. The molecule has 4 rings (SSSR count). The van der Waals surface area contributed by atoms with Crippen molar-refractivity contribution in [1.82, 2.24) is 15.0 Å². The van der Waals surface area contributed by atoms with Crippen molar-refractivity contribution in [3.63, 3.8) is 0 Å². The largest absolute Gasteiger partial charge is 0.480 e. The van der Waals surface area contributed by atoms with Crippen LogP contribution in [0.3, 0.4) is 0 Å². The first-order valence-electron chi connectivity index (χ1n) is 10.5. The van der Waals surface area contributed by atoms with E-state index in [2.05, 4.69) is 9.97 Å². The van der Waals surface area contributed by atoms with Gasteiger partial charge >= 0.3 is 5.97 Å². The van der Waals surface area contributed by atoms with Gasteiger partial charge in [-0.15, -0.1) is 0 Å². The van der Waals surface area contributed by atoms with Crippen molar-refractivity contribution in [3.8, 4) is 0 Å². The Morgan fingerprint density at radius 1 is 1.12 bits per heavy atom. The van der Waals surface area contributed by atoms with Crippen LogP contribution in [0.2, 0.25) is 5.02 Å². The van der Waals surface area contributed by atoms with Crippen molar-refractivity contribution in [2.24, 2.45) is 0 Å². The average molecular weight is 472 g/mol. The van der Waals surface area contributed by atoms with Gasteiger partial charge in [0.25, 0.3) is 0 Å². The number of aliphatic carboxylic acids is 1. The number of carboxylic acids is 1. The SMILES string of the molecule is O=C(O)COCC1(F)CCN(c2cncc(N(c3ccccc3)c3ccc(Cl)cn3)n2)CC1. The zero-order valence-corrected chi connectivity index (χ0v) is 18.5. The number of anilines is 4. The van der Waals surface area contributed by atoms with E-state index in [-0.39, 0.29) is 19.4 Å². The van der Waals surface area contributed by atoms with Crippen LogP contribution >= 0.6 is 11.6 Å². The van der Waals surface area contributed by atoms with E-state index >= 15 is 0 Å². The highest BCUT2D eigenvalue weighted by molar-refractivity contribution is 6.30. The van der Waals surface area contributed by atoms with Crippen LogP contribution in [-0.4, -0.2) is 58.0 Å². The molecule has 0 saturated carbocycles. The molecular weight excluding hydrogens is 449 g/mol. The molecule has 3 heterocycles. The number of para-hydroxylation sites is 1. The number of nitrogens with zero attached hydrogens (tertiary/aromatic N) is 5. The maximum absolute atomic E-state index is 15.0. The Hall–Kier alpha value is -3.30. The second-order valence-electron chi connectivity index (χ2n) is 7.77. The van der Waals surface area contributed by atoms with Gasteiger partial charge in [-0.1, -0.05) is 29.8 Å². The number of piperidine rings is 1. The highest BCUT2D eigenvalue weighted by Crippen LogP contribution is 2.34. The highest BCUT2D eigenvalue weighted by Gasteiger charge is 2.35. The number of benzene rings is 1. The number of carboxylic acid groups (broad SMARTS) is 1. The van der Waals surface area contributed by atoms with Crippen LogP contribution in [0.1, 0.15) is 12.8 Å². The van der Waals surface area contributed by atoms with Crippen molar-refractivity contribution in [2.45, 2.75) is 18.5 Å². The molecule has 1 fully saturated rings. The fraction of sp³-hybridized carbons (Fsp3) is 0.304. The third kappa shape index (κ3) is 5.74. The molecule has 0 bridgehead atoms. The van der Waals surface area contributed by atoms with Gasteiger partial charge in [0.15, 0.2) is 5.82 Å². The molecule has 8 nitrogen and oxygen atoms in total. The van der Waals surface area contributed by atoms with E-state index in [9.17, 15) is 9.18 Å². The van der Waals surface area contributed by atoms with Gasteiger partial charge in [-0.25, -0.2) is 19.2 Å². The lowest BCUT2D eigenvalue weighted by Gasteiger charge is -2.36. The summed E-state index contributed by atoms with van der Waals surface area (Å²) < 4.78 is 20.0. The van der Waals surface area contributed by atoms with Gasteiger partial charge in [-0.2, -0.15) is 0 Å². The first kappa shape index (κ1) is 22.9. The standard InChI is InChI=1S/C23H23ClFN5O3/c24-17-6-7-19(27-12-17)30(18-4-2-1-3-5-18)21-14-26-13-20(28-21)29-10-8-23(25,9-11-29)16-33-15-22(31)32/h1-7,12-14H,8-11,15-16H2,(H,31,32). The summed E-state index contributed by atoms with van der Waals surface area (Å²) in [6.07, 6.45) is 5.28. The minimum Gasteiger partial charge on any atom is -0.480 e. The van der Waals surface area contributed by atoms with E-state index in [1.54, 1.807) is 30.7 Å². The molecule has 0 unspecified atom stereocenters. The predicted molar refractivity (Wildman–Crippen MR) is 123 cm³/mol. The summed E-state index contributed by atoms with van der Waals surface area (Å²) in [4.78, 5) is 28.0. The molecule has 0 atom stereocenters. The molecule has 33 heavy (non-hydrogen) atoms. The molecular formula is C23H23ClFN5O3. The molecule has 1 N–H and O–H groups in total. The van der Waals surface area contributed by atoms with Crippen molar-refractivity contribution >= 4 is 40.7 Å². The maximum Gasteiger partial charge on any atom is 0.329 e. The van der Waals surface area contributed by atoms with Gasteiger partial charge < -0.3 is 14.7 Å². The maximum atomic E-state index is 15.0. The monoisotopic (exact) mass is 471 g/mol. The van der Waals surface area contributed by atoms with Crippen LogP contribution in [-0.2, 0) is 9.53 Å². The van der Waals surface area contributed by atoms with Gasteiger partial charge in [0, 0.05) is 37.8 Å². The van der Waals surface area contributed by atoms with Crippen LogP contribution < -0.4 is 9.80 Å². The molecule has 1 aliphatic heterocycles. The molecule has 172 valence electrons. The second-order valence-corrected chi connectivity index (χ2v) is 8.20. The van der Waals surface area contributed by atoms with Gasteiger partial charge in [-0.3, -0.25) is 9.88 Å². The van der Waals surface area contributed by atoms with E-state index < -0.39 is 18.2 Å². The minimum atomic E-state index is -1.56. The fourth-order valence-corrected chi connectivity index (χ4v) is 3.78. The van der Waals surface area contributed by atoms with Crippen LogP contribution in [0, 0.1) is 0 Å². The number of hydrogen-bond acceptors (Lipinski definition) is 7. The van der Waals surface area contributed by atoms with Gasteiger partial charge in [0.1, 0.15) is 23.9 Å². The third-order valence-corrected chi connectivity index (χ3v) is 5.59. The van der Waals surface area contributed by atoms with Gasteiger partial charge in [0.2, 0.25) is 0 Å². The van der Waals surface area contributed by atoms with Crippen LogP contribution in [0.15, 0.2) is 61.1 Å². The number of halogens is 2. The summed E-state index contributed by atoms with van der Waals surface area (Å²) in [5.74, 6) is 0.710. The van der Waals surface area contributed by atoms with Gasteiger partial charge in [0.05, 0.1) is 24.0 Å². The quantitative estimate of drug-likeness (QED) is 0.516. The fourth-order valence-electron chi connectivity index (χ4n) is 3.67. The number of hydrogen-bond donors (Lipinski definition) is 1. The van der Waals surface area contributed by atoms with Crippen LogP contribution in [0.5, 0.6) is 0 Å². The van der Waals surface area contributed by atoms with Crippen molar-refractivity contribution in [3.05, 3.63) is 66.1 Å². The predicted octanol–water partition coefficient (Wildman–Crippen LogP) is 4.40. The molecule has 0 amide bonds. The van der Waals surface area contributed by atoms with Crippen molar-refractivity contribution < 1.29 is 19.0 Å². The molecule has 3 aromatic rings. The Labute approximate surface area is 195 Å². The van der Waals surface area contributed by atoms with Crippen molar-refractivity contribution in [2.75, 3.05) is 36.1 Å². The van der Waals surface area contributed by atoms with E-state index in [4.69, 9.17) is 26.4 Å². The van der Waals surface area contributed by atoms with E-state index in [1.165, 1.54) is 0 Å². The number of carbonyl (C=O) groups is 1. The number of pyridine rings is 1. The Kier molecular flexibility index (Phi) is 7.00. The number of aromatic nitrogens is 3. The van der Waals surface area contributed by atoms with Gasteiger partial charge in [-0.05, 0) is 24.3 Å². The minimum absolute atomic E-state index is 0.208. The number of ether oxygens (including phenoxy) is 1. The van der Waals surface area contributed by atoms with Crippen LogP contribution in [0.25, 0.3) is 0 Å². The third-order valence-electron chi connectivity index (χ3n) is 5.36. The van der Waals surface area contributed by atoms with Crippen LogP contribution in [0.4, 0.5) is 27.5 Å². The summed E-state index contributed by atoms with van der Waals surface area (Å²) >= 11 is 6.02. The normalized spacial score (nSPS) is 15.3. The lowest BCUT2D eigenvalue weighted by atomic mass is 9.94. The molecule has 2 aromatic heterocycles. The Morgan fingerprint density at radius 3 is 2.55 bits per heavy atom. The zero-order chi connectivity index (χ0) is 23.3. The number of alkyl halides is 1. The molecule has 10 heteroatoms. The average Bonchev–Trinajstić information content (AvgIpc) is 2.82. The first-order valence-corrected chi connectivity index (χ1v) is 10.8. The van der Waals surface area contributed by atoms with E-state index in [0.29, 0.717) is 35.6 Å². The molecule has 0 spiro atoms. The first-order chi connectivity index (χ1) is 15.9. The number of rotatable bonds is 8. The molecule has 0 radical (unpaired) electrons. The summed E-state index contributed by atoms with van der Waals surface area (Å²) in [6, 6.07) is 13.2. The molecule has 1 saturated heterocycles. The van der Waals surface area contributed by atoms with E-state index in [0.717, 1.165) is 5.69 Å². The topological polar surface area (TPSA) is 91.7 Å². The Bertz CT molecular complexity index is 1080. The smallest absolute Gasteiger partial charge is 0.329 e. The Balaban J connectivity index is 1.54. The zero-order valence-electron chi connectivity index (χ0n) is 17.8. The molecule has 1 aliphatic rings.